The van der Waals surface area contributed by atoms with Gasteiger partial charge in [0.15, 0.2) is 0 Å². The van der Waals surface area contributed by atoms with E-state index in [0.717, 1.165) is 50.2 Å². The molecule has 1 aromatic heterocycles. The van der Waals surface area contributed by atoms with Crippen LogP contribution >= 0.6 is 0 Å². The Morgan fingerprint density at radius 1 is 1.11 bits per heavy atom. The zero-order chi connectivity index (χ0) is 18.8. The quantitative estimate of drug-likeness (QED) is 0.672. The van der Waals surface area contributed by atoms with Crippen LogP contribution < -0.4 is 5.43 Å². The van der Waals surface area contributed by atoms with Crippen LogP contribution in [0.2, 0.25) is 0 Å². The maximum atomic E-state index is 13.0. The van der Waals surface area contributed by atoms with Crippen molar-refractivity contribution in [3.8, 4) is 23.2 Å². The Morgan fingerprint density at radius 3 is 2.74 bits per heavy atom. The monoisotopic (exact) mass is 359 g/mol. The largest absolute Gasteiger partial charge is 0.314 e. The van der Waals surface area contributed by atoms with Gasteiger partial charge in [0, 0.05) is 24.4 Å². The van der Waals surface area contributed by atoms with Crippen LogP contribution in [0.1, 0.15) is 37.0 Å². The molecule has 3 aliphatic rings. The number of hydrogen-bond donors (Lipinski definition) is 0. The van der Waals surface area contributed by atoms with Crippen molar-refractivity contribution < 1.29 is 0 Å². The molecule has 0 saturated heterocycles. The van der Waals surface area contributed by atoms with Crippen molar-refractivity contribution in [2.45, 2.75) is 39.5 Å². The molecule has 2 heterocycles. The number of benzene rings is 1. The zero-order valence-corrected chi connectivity index (χ0v) is 16.1. The fraction of sp³-hybridized carbons (Fsp3) is 0.391. The zero-order valence-electron chi connectivity index (χ0n) is 16.1. The van der Waals surface area contributed by atoms with Gasteiger partial charge < -0.3 is 4.40 Å². The van der Waals surface area contributed by atoms with E-state index in [1.54, 1.807) is 0 Å². The van der Waals surface area contributed by atoms with Crippen molar-refractivity contribution in [3.63, 3.8) is 0 Å². The van der Waals surface area contributed by atoms with Crippen LogP contribution in [0.3, 0.4) is 0 Å². The molecule has 0 spiro atoms. The highest BCUT2D eigenvalue weighted by Crippen LogP contribution is 2.28. The summed E-state index contributed by atoms with van der Waals surface area (Å²) in [5, 5.41) is 0. The summed E-state index contributed by atoms with van der Waals surface area (Å²) < 4.78 is 2.14. The first-order valence-corrected chi connectivity index (χ1v) is 9.84. The SMILES string of the molecule is CCN(CC)CC#CCc1ccc2n3ccc4c3c(cnc-2c1=O)CCC4. The van der Waals surface area contributed by atoms with Crippen LogP contribution in [0.15, 0.2) is 35.4 Å². The number of aromatic nitrogens is 2. The van der Waals surface area contributed by atoms with Crippen molar-refractivity contribution in [1.29, 1.82) is 0 Å². The second kappa shape index (κ2) is 7.54. The molecule has 1 aliphatic heterocycles. The molecular formula is C23H25N3O. The molecule has 138 valence electrons. The van der Waals surface area contributed by atoms with Gasteiger partial charge in [-0.15, -0.1) is 0 Å². The van der Waals surface area contributed by atoms with Crippen molar-refractivity contribution in [1.82, 2.24) is 14.3 Å². The second-order valence-corrected chi connectivity index (χ2v) is 7.11. The molecule has 0 aromatic carbocycles. The van der Waals surface area contributed by atoms with Crippen LogP contribution in [0, 0.1) is 11.8 Å². The number of aryl methyl sites for hydroxylation is 2. The van der Waals surface area contributed by atoms with Gasteiger partial charge in [0.05, 0.1) is 17.8 Å². The first-order valence-electron chi connectivity index (χ1n) is 9.84. The number of hydrogen-bond acceptors (Lipinski definition) is 3. The Hall–Kier alpha value is -2.64. The van der Waals surface area contributed by atoms with Crippen molar-refractivity contribution >= 4 is 5.52 Å². The van der Waals surface area contributed by atoms with Gasteiger partial charge in [0.2, 0.25) is 5.43 Å². The Kier molecular flexibility index (Phi) is 4.96. The number of rotatable bonds is 4. The maximum Gasteiger partial charge on any atom is 0.210 e. The van der Waals surface area contributed by atoms with Gasteiger partial charge in [-0.25, -0.2) is 0 Å². The van der Waals surface area contributed by atoms with Crippen LogP contribution in [0.4, 0.5) is 0 Å². The smallest absolute Gasteiger partial charge is 0.210 e. The molecule has 0 atom stereocenters. The lowest BCUT2D eigenvalue weighted by molar-refractivity contribution is 0.342. The Bertz CT molecular complexity index is 1070. The Labute approximate surface area is 160 Å². The van der Waals surface area contributed by atoms with Crippen LogP contribution in [0.5, 0.6) is 0 Å². The van der Waals surface area contributed by atoms with E-state index in [1.807, 2.05) is 18.3 Å². The fourth-order valence-electron chi connectivity index (χ4n) is 3.93. The molecule has 4 rings (SSSR count). The van der Waals surface area contributed by atoms with Crippen LogP contribution in [-0.2, 0) is 19.3 Å². The van der Waals surface area contributed by atoms with Gasteiger partial charge in [0.1, 0.15) is 5.69 Å². The first kappa shape index (κ1) is 17.8. The highest BCUT2D eigenvalue weighted by molar-refractivity contribution is 5.70. The topological polar surface area (TPSA) is 37.6 Å². The van der Waals surface area contributed by atoms with E-state index in [4.69, 9.17) is 0 Å². The van der Waals surface area contributed by atoms with E-state index in [2.05, 4.69) is 52.2 Å². The molecule has 27 heavy (non-hydrogen) atoms. The Balaban J connectivity index is 1.73. The predicted molar refractivity (Wildman–Crippen MR) is 109 cm³/mol. The number of fused-ring (bicyclic) bond motifs is 2. The van der Waals surface area contributed by atoms with Crippen molar-refractivity contribution in [3.05, 3.63) is 57.5 Å². The molecule has 0 bridgehead atoms. The first-order chi connectivity index (χ1) is 13.2. The third-order valence-corrected chi connectivity index (χ3v) is 5.57. The third kappa shape index (κ3) is 3.24. The van der Waals surface area contributed by atoms with E-state index in [0.29, 0.717) is 12.1 Å². The van der Waals surface area contributed by atoms with Gasteiger partial charge in [-0.1, -0.05) is 31.8 Å². The predicted octanol–water partition coefficient (Wildman–Crippen LogP) is 3.18. The molecule has 0 N–H and O–H groups in total. The molecule has 0 amide bonds. The summed E-state index contributed by atoms with van der Waals surface area (Å²) >= 11 is 0. The van der Waals surface area contributed by atoms with Crippen LogP contribution in [0.25, 0.3) is 16.9 Å². The average Bonchev–Trinajstić information content (AvgIpc) is 3.05. The molecule has 0 radical (unpaired) electrons. The molecule has 0 saturated carbocycles. The summed E-state index contributed by atoms with van der Waals surface area (Å²) in [6.07, 6.45) is 7.71. The van der Waals surface area contributed by atoms with Gasteiger partial charge in [-0.3, -0.25) is 14.7 Å². The second-order valence-electron chi connectivity index (χ2n) is 7.11. The lowest BCUT2D eigenvalue weighted by Gasteiger charge is -2.13. The highest BCUT2D eigenvalue weighted by Gasteiger charge is 2.19. The molecule has 4 nitrogen and oxygen atoms in total. The van der Waals surface area contributed by atoms with Gasteiger partial charge >= 0.3 is 0 Å². The summed E-state index contributed by atoms with van der Waals surface area (Å²) in [4.78, 5) is 19.9. The summed E-state index contributed by atoms with van der Waals surface area (Å²) in [6.45, 7) is 7.00. The highest BCUT2D eigenvalue weighted by atomic mass is 16.1. The molecular weight excluding hydrogens is 334 g/mol. The number of nitrogens with zero attached hydrogens (tertiary/aromatic N) is 3. The van der Waals surface area contributed by atoms with Gasteiger partial charge in [-0.05, 0) is 55.6 Å². The molecule has 1 aromatic rings. The lowest BCUT2D eigenvalue weighted by atomic mass is 9.98. The molecule has 0 unspecified atom stereocenters. The lowest BCUT2D eigenvalue weighted by Crippen LogP contribution is -2.22. The standard InChI is InChI=1S/C23H25N3O/c1-3-25(4-2)14-6-5-8-18-11-12-20-21(23(18)27)24-16-19-10-7-9-17-13-15-26(20)22(17)19/h11-13,15-16H,3-4,7-10,14H2,1-2H3. The van der Waals surface area contributed by atoms with Gasteiger partial charge in [0.25, 0.3) is 0 Å². The fourth-order valence-corrected chi connectivity index (χ4v) is 3.93. The maximum absolute atomic E-state index is 13.0. The summed E-state index contributed by atoms with van der Waals surface area (Å²) in [6, 6.07) is 6.12. The van der Waals surface area contributed by atoms with Crippen molar-refractivity contribution in [2.24, 2.45) is 0 Å². The molecule has 0 fully saturated rings. The average molecular weight is 359 g/mol. The normalized spacial score (nSPS) is 13.1. The third-order valence-electron chi connectivity index (χ3n) is 5.57. The summed E-state index contributed by atoms with van der Waals surface area (Å²) in [5.41, 5.74) is 5.97. The van der Waals surface area contributed by atoms with E-state index >= 15 is 0 Å². The van der Waals surface area contributed by atoms with Crippen molar-refractivity contribution in [2.75, 3.05) is 19.6 Å². The molecule has 2 aliphatic carbocycles. The minimum Gasteiger partial charge on any atom is -0.314 e. The van der Waals surface area contributed by atoms with E-state index in [9.17, 15) is 4.79 Å². The molecule has 4 heteroatoms. The van der Waals surface area contributed by atoms with E-state index < -0.39 is 0 Å². The minimum atomic E-state index is 0.00239. The Morgan fingerprint density at radius 2 is 1.93 bits per heavy atom. The van der Waals surface area contributed by atoms with E-state index in [1.165, 1.54) is 16.6 Å². The summed E-state index contributed by atoms with van der Waals surface area (Å²) in [5.74, 6) is 6.35. The van der Waals surface area contributed by atoms with Gasteiger partial charge in [-0.2, -0.15) is 0 Å². The van der Waals surface area contributed by atoms with Crippen LogP contribution in [-0.4, -0.2) is 33.9 Å². The minimum absolute atomic E-state index is 0.00239. The van der Waals surface area contributed by atoms with E-state index in [-0.39, 0.29) is 5.43 Å². The summed E-state index contributed by atoms with van der Waals surface area (Å²) in [7, 11) is 0.